The van der Waals surface area contributed by atoms with Gasteiger partial charge in [-0.1, -0.05) is 53.7 Å². The van der Waals surface area contributed by atoms with Crippen molar-refractivity contribution in [2.24, 2.45) is 5.16 Å². The van der Waals surface area contributed by atoms with Crippen molar-refractivity contribution >= 4 is 5.71 Å². The molecule has 1 aliphatic heterocycles. The van der Waals surface area contributed by atoms with Crippen LogP contribution in [0, 0.1) is 0 Å². The van der Waals surface area contributed by atoms with Gasteiger partial charge in [-0.25, -0.2) is 0 Å². The third-order valence-corrected chi connectivity index (χ3v) is 3.73. The van der Waals surface area contributed by atoms with E-state index in [0.29, 0.717) is 6.42 Å². The van der Waals surface area contributed by atoms with Gasteiger partial charge in [-0.15, -0.1) is 0 Å². The minimum Gasteiger partial charge on any atom is -0.396 e. The summed E-state index contributed by atoms with van der Waals surface area (Å²) in [6.07, 6.45) is 1.76. The summed E-state index contributed by atoms with van der Waals surface area (Å²) in [6.45, 7) is 2.22. The first-order valence-corrected chi connectivity index (χ1v) is 7.29. The Morgan fingerprint density at radius 1 is 1.00 bits per heavy atom. The topological polar surface area (TPSA) is 41.8 Å². The van der Waals surface area contributed by atoms with Crippen molar-refractivity contribution in [3.63, 3.8) is 0 Å². The number of nitrogens with zero attached hydrogens (tertiary/aromatic N) is 1. The number of hydrogen-bond acceptors (Lipinski definition) is 3. The predicted molar refractivity (Wildman–Crippen MR) is 84.4 cm³/mol. The van der Waals surface area contributed by atoms with E-state index in [2.05, 4.69) is 53.7 Å². The average molecular weight is 281 g/mol. The van der Waals surface area contributed by atoms with Crippen LogP contribution < -0.4 is 0 Å². The van der Waals surface area contributed by atoms with Crippen molar-refractivity contribution in [2.45, 2.75) is 25.9 Å². The lowest BCUT2D eigenvalue weighted by molar-refractivity contribution is 0.0995. The van der Waals surface area contributed by atoms with Crippen LogP contribution in [0.3, 0.4) is 0 Å². The number of benzene rings is 2. The van der Waals surface area contributed by atoms with Crippen LogP contribution in [0.25, 0.3) is 11.1 Å². The van der Waals surface area contributed by atoms with Crippen LogP contribution in [-0.2, 0) is 11.3 Å². The molecule has 21 heavy (non-hydrogen) atoms. The molecular weight excluding hydrogens is 262 g/mol. The molecule has 1 heterocycles. The molecule has 1 aliphatic rings. The third-order valence-electron chi connectivity index (χ3n) is 3.73. The van der Waals surface area contributed by atoms with E-state index >= 15 is 0 Å². The molecule has 3 heteroatoms. The van der Waals surface area contributed by atoms with Crippen molar-refractivity contribution < 1.29 is 9.94 Å². The highest BCUT2D eigenvalue weighted by Gasteiger charge is 2.17. The van der Waals surface area contributed by atoms with E-state index in [1.807, 2.05) is 6.92 Å². The highest BCUT2D eigenvalue weighted by molar-refractivity contribution is 6.01. The van der Waals surface area contributed by atoms with Gasteiger partial charge in [-0.05, 0) is 35.6 Å². The molecular formula is C18H19NO2. The van der Waals surface area contributed by atoms with E-state index in [0.717, 1.165) is 23.3 Å². The summed E-state index contributed by atoms with van der Waals surface area (Å²) >= 11 is 0. The van der Waals surface area contributed by atoms with E-state index in [-0.39, 0.29) is 12.7 Å². The Hall–Kier alpha value is -2.13. The van der Waals surface area contributed by atoms with Crippen molar-refractivity contribution in [1.29, 1.82) is 0 Å². The van der Waals surface area contributed by atoms with Crippen molar-refractivity contribution in [3.8, 4) is 11.1 Å². The van der Waals surface area contributed by atoms with Crippen LogP contribution in [0.15, 0.2) is 53.7 Å². The molecule has 0 aromatic heterocycles. The summed E-state index contributed by atoms with van der Waals surface area (Å²) in [6, 6.07) is 16.7. The molecule has 1 atom stereocenters. The third kappa shape index (κ3) is 3.14. The van der Waals surface area contributed by atoms with Gasteiger partial charge >= 0.3 is 0 Å². The van der Waals surface area contributed by atoms with Gasteiger partial charge in [0.15, 0.2) is 0 Å². The summed E-state index contributed by atoms with van der Waals surface area (Å²) < 4.78 is 0. The maximum absolute atomic E-state index is 8.94. The maximum Gasteiger partial charge on any atom is 0.130 e. The first-order valence-electron chi connectivity index (χ1n) is 7.29. The molecule has 0 fully saturated rings. The van der Waals surface area contributed by atoms with E-state index in [9.17, 15) is 0 Å². The lowest BCUT2D eigenvalue weighted by atomic mass is 9.99. The van der Waals surface area contributed by atoms with Crippen LogP contribution >= 0.6 is 0 Å². The van der Waals surface area contributed by atoms with Crippen LogP contribution in [0.4, 0.5) is 0 Å². The van der Waals surface area contributed by atoms with Crippen LogP contribution in [0.1, 0.15) is 24.5 Å². The van der Waals surface area contributed by atoms with Gasteiger partial charge in [0, 0.05) is 13.0 Å². The Kier molecular flexibility index (Phi) is 4.02. The van der Waals surface area contributed by atoms with E-state index in [1.54, 1.807) is 0 Å². The molecule has 1 N–H and O–H groups in total. The SMILES string of the molecule is CC1CC(c2ccc(-c3ccc(CCO)cc3)cc2)=NO1. The predicted octanol–water partition coefficient (Wildman–Crippen LogP) is 3.40. The fourth-order valence-electron chi connectivity index (χ4n) is 2.52. The summed E-state index contributed by atoms with van der Waals surface area (Å²) in [5.74, 6) is 0. The molecule has 2 aromatic rings. The number of aliphatic hydroxyl groups excluding tert-OH is 1. The van der Waals surface area contributed by atoms with Crippen LogP contribution in [0.2, 0.25) is 0 Å². The summed E-state index contributed by atoms with van der Waals surface area (Å²) in [4.78, 5) is 5.24. The van der Waals surface area contributed by atoms with Crippen molar-refractivity contribution in [3.05, 3.63) is 59.7 Å². The maximum atomic E-state index is 8.94. The van der Waals surface area contributed by atoms with Crippen LogP contribution in [0.5, 0.6) is 0 Å². The minimum atomic E-state index is 0.179. The van der Waals surface area contributed by atoms with E-state index in [1.165, 1.54) is 11.1 Å². The Morgan fingerprint density at radius 2 is 1.57 bits per heavy atom. The molecule has 0 spiro atoms. The summed E-state index contributed by atoms with van der Waals surface area (Å²) in [7, 11) is 0. The minimum absolute atomic E-state index is 0.179. The van der Waals surface area contributed by atoms with Gasteiger partial charge in [0.25, 0.3) is 0 Å². The Labute approximate surface area is 124 Å². The summed E-state index contributed by atoms with van der Waals surface area (Å²) in [5, 5.41) is 13.1. The van der Waals surface area contributed by atoms with Gasteiger partial charge in [0.2, 0.25) is 0 Å². The highest BCUT2D eigenvalue weighted by Crippen LogP contribution is 2.23. The lowest BCUT2D eigenvalue weighted by Gasteiger charge is -2.05. The van der Waals surface area contributed by atoms with E-state index < -0.39 is 0 Å². The first-order chi connectivity index (χ1) is 10.3. The average Bonchev–Trinajstić information content (AvgIpc) is 2.95. The van der Waals surface area contributed by atoms with Gasteiger partial charge in [-0.3, -0.25) is 0 Å². The Bertz CT molecular complexity index is 629. The smallest absolute Gasteiger partial charge is 0.130 e. The molecule has 108 valence electrons. The zero-order valence-electron chi connectivity index (χ0n) is 12.1. The van der Waals surface area contributed by atoms with Gasteiger partial charge < -0.3 is 9.94 Å². The number of rotatable bonds is 4. The van der Waals surface area contributed by atoms with Gasteiger partial charge in [0.05, 0.1) is 5.71 Å². The Balaban J connectivity index is 1.77. The zero-order valence-corrected chi connectivity index (χ0v) is 12.1. The molecule has 3 rings (SSSR count). The fraction of sp³-hybridized carbons (Fsp3) is 0.278. The number of hydrogen-bond donors (Lipinski definition) is 1. The molecule has 0 saturated heterocycles. The standard InChI is InChI=1S/C18H19NO2/c1-13-12-18(19-21-13)17-8-6-16(7-9-17)15-4-2-14(3-5-15)10-11-20/h2-9,13,20H,10-12H2,1H3. The molecule has 2 aromatic carbocycles. The molecule has 0 aliphatic carbocycles. The number of aliphatic hydroxyl groups is 1. The van der Waals surface area contributed by atoms with Crippen LogP contribution in [-0.4, -0.2) is 23.5 Å². The zero-order chi connectivity index (χ0) is 14.7. The van der Waals surface area contributed by atoms with E-state index in [4.69, 9.17) is 9.94 Å². The quantitative estimate of drug-likeness (QED) is 0.933. The number of oxime groups is 1. The second-order valence-electron chi connectivity index (χ2n) is 5.41. The van der Waals surface area contributed by atoms with Crippen molar-refractivity contribution in [1.82, 2.24) is 0 Å². The Morgan fingerprint density at radius 3 is 2.10 bits per heavy atom. The second kappa shape index (κ2) is 6.10. The molecule has 0 amide bonds. The normalized spacial score (nSPS) is 17.4. The second-order valence-corrected chi connectivity index (χ2v) is 5.41. The lowest BCUT2D eigenvalue weighted by Crippen LogP contribution is -2.02. The summed E-state index contributed by atoms with van der Waals surface area (Å²) in [5.41, 5.74) is 5.67. The largest absolute Gasteiger partial charge is 0.396 e. The molecule has 3 nitrogen and oxygen atoms in total. The molecule has 0 saturated carbocycles. The fourth-order valence-corrected chi connectivity index (χ4v) is 2.52. The highest BCUT2D eigenvalue weighted by atomic mass is 16.6. The monoisotopic (exact) mass is 281 g/mol. The van der Waals surface area contributed by atoms with Crippen molar-refractivity contribution in [2.75, 3.05) is 6.61 Å². The first kappa shape index (κ1) is 13.8. The van der Waals surface area contributed by atoms with Gasteiger partial charge in [-0.2, -0.15) is 0 Å². The van der Waals surface area contributed by atoms with Gasteiger partial charge in [0.1, 0.15) is 6.10 Å². The molecule has 1 unspecified atom stereocenters. The molecule has 0 bridgehead atoms. The molecule has 0 radical (unpaired) electrons.